The molecule has 0 aromatic heterocycles. The van der Waals surface area contributed by atoms with Crippen molar-refractivity contribution in [1.29, 1.82) is 0 Å². The summed E-state index contributed by atoms with van der Waals surface area (Å²) in [7, 11) is 1.32. The molecular formula is C16H21BrN2O4. The third-order valence-corrected chi connectivity index (χ3v) is 3.76. The van der Waals surface area contributed by atoms with Crippen molar-refractivity contribution in [3.63, 3.8) is 0 Å². The molecule has 23 heavy (non-hydrogen) atoms. The van der Waals surface area contributed by atoms with Gasteiger partial charge in [0.25, 0.3) is 5.91 Å². The number of rotatable bonds is 7. The third kappa shape index (κ3) is 6.40. The number of hydrogen-bond acceptors (Lipinski definition) is 4. The number of amides is 2. The standard InChI is InChI=1S/C16H21BrN2O4/c1-11(16(22)23-3)10-19(9-8-18-12(2)20)15(21)13-4-6-14(17)7-5-13/h4-7,11H,8-10H2,1-3H3,(H,18,20). The summed E-state index contributed by atoms with van der Waals surface area (Å²) < 4.78 is 5.58. The number of hydrogen-bond donors (Lipinski definition) is 1. The van der Waals surface area contributed by atoms with E-state index in [0.29, 0.717) is 18.7 Å². The summed E-state index contributed by atoms with van der Waals surface area (Å²) in [5, 5.41) is 2.65. The second-order valence-corrected chi connectivity index (χ2v) is 6.08. The molecule has 7 heteroatoms. The Labute approximate surface area is 144 Å². The van der Waals surface area contributed by atoms with Crippen LogP contribution >= 0.6 is 15.9 Å². The molecule has 0 heterocycles. The van der Waals surface area contributed by atoms with Gasteiger partial charge in [0.05, 0.1) is 13.0 Å². The number of carbonyl (C=O) groups excluding carboxylic acids is 3. The number of benzene rings is 1. The third-order valence-electron chi connectivity index (χ3n) is 3.23. The number of halogens is 1. The van der Waals surface area contributed by atoms with Gasteiger partial charge in [-0.25, -0.2) is 0 Å². The van der Waals surface area contributed by atoms with Gasteiger partial charge >= 0.3 is 5.97 Å². The quantitative estimate of drug-likeness (QED) is 0.727. The largest absolute Gasteiger partial charge is 0.469 e. The summed E-state index contributed by atoms with van der Waals surface area (Å²) in [6.45, 7) is 3.98. The zero-order chi connectivity index (χ0) is 17.4. The van der Waals surface area contributed by atoms with Gasteiger partial charge in [0.1, 0.15) is 0 Å². The highest BCUT2D eigenvalue weighted by Crippen LogP contribution is 2.13. The van der Waals surface area contributed by atoms with Crippen molar-refractivity contribution in [2.75, 3.05) is 26.7 Å². The summed E-state index contributed by atoms with van der Waals surface area (Å²) in [6.07, 6.45) is 0. The van der Waals surface area contributed by atoms with Crippen LogP contribution in [0.2, 0.25) is 0 Å². The van der Waals surface area contributed by atoms with Crippen molar-refractivity contribution in [2.24, 2.45) is 5.92 Å². The average molecular weight is 385 g/mol. The number of carbonyl (C=O) groups is 3. The van der Waals surface area contributed by atoms with E-state index in [1.165, 1.54) is 14.0 Å². The fraction of sp³-hybridized carbons (Fsp3) is 0.438. The first-order valence-electron chi connectivity index (χ1n) is 7.22. The molecule has 0 saturated heterocycles. The van der Waals surface area contributed by atoms with Gasteiger partial charge in [-0.2, -0.15) is 0 Å². The molecule has 2 amide bonds. The van der Waals surface area contributed by atoms with Crippen molar-refractivity contribution in [1.82, 2.24) is 10.2 Å². The first-order valence-corrected chi connectivity index (χ1v) is 8.01. The number of nitrogens with zero attached hydrogens (tertiary/aromatic N) is 1. The number of nitrogens with one attached hydrogen (secondary N) is 1. The molecule has 0 radical (unpaired) electrons. The van der Waals surface area contributed by atoms with Crippen LogP contribution in [0.3, 0.4) is 0 Å². The minimum atomic E-state index is -0.447. The minimum Gasteiger partial charge on any atom is -0.469 e. The van der Waals surface area contributed by atoms with Gasteiger partial charge in [0.15, 0.2) is 0 Å². The van der Waals surface area contributed by atoms with E-state index in [1.807, 2.05) is 0 Å². The van der Waals surface area contributed by atoms with Crippen molar-refractivity contribution < 1.29 is 19.1 Å². The molecule has 1 N–H and O–H groups in total. The Bertz CT molecular complexity index is 560. The molecule has 126 valence electrons. The van der Waals surface area contributed by atoms with Gasteiger partial charge in [-0.05, 0) is 24.3 Å². The van der Waals surface area contributed by atoms with Crippen LogP contribution in [0.25, 0.3) is 0 Å². The predicted octanol–water partition coefficient (Wildman–Crippen LogP) is 1.84. The van der Waals surface area contributed by atoms with Crippen LogP contribution in [-0.4, -0.2) is 49.4 Å². The smallest absolute Gasteiger partial charge is 0.310 e. The van der Waals surface area contributed by atoms with Crippen LogP contribution in [0.5, 0.6) is 0 Å². The van der Waals surface area contributed by atoms with E-state index in [-0.39, 0.29) is 24.3 Å². The Morgan fingerprint density at radius 3 is 2.39 bits per heavy atom. The maximum absolute atomic E-state index is 12.6. The highest BCUT2D eigenvalue weighted by molar-refractivity contribution is 9.10. The summed E-state index contributed by atoms with van der Waals surface area (Å²) in [6, 6.07) is 6.98. The summed E-state index contributed by atoms with van der Waals surface area (Å²) >= 11 is 3.32. The molecule has 0 aliphatic heterocycles. The number of methoxy groups -OCH3 is 1. The topological polar surface area (TPSA) is 75.7 Å². The molecule has 0 spiro atoms. The zero-order valence-corrected chi connectivity index (χ0v) is 15.1. The molecule has 0 saturated carbocycles. The van der Waals surface area contributed by atoms with Gasteiger partial charge in [0.2, 0.25) is 5.91 Å². The van der Waals surface area contributed by atoms with Crippen LogP contribution in [0, 0.1) is 5.92 Å². The molecule has 1 unspecified atom stereocenters. The lowest BCUT2D eigenvalue weighted by Crippen LogP contribution is -2.41. The van der Waals surface area contributed by atoms with E-state index in [4.69, 9.17) is 4.74 Å². The van der Waals surface area contributed by atoms with Gasteiger partial charge in [-0.1, -0.05) is 22.9 Å². The first kappa shape index (κ1) is 19.2. The Balaban J connectivity index is 2.83. The monoisotopic (exact) mass is 384 g/mol. The predicted molar refractivity (Wildman–Crippen MR) is 89.9 cm³/mol. The second kappa shape index (κ2) is 9.29. The maximum atomic E-state index is 12.6. The molecule has 0 bridgehead atoms. The van der Waals surface area contributed by atoms with Crippen molar-refractivity contribution in [3.05, 3.63) is 34.3 Å². The van der Waals surface area contributed by atoms with E-state index in [0.717, 1.165) is 4.47 Å². The Kier molecular flexibility index (Phi) is 7.74. The van der Waals surface area contributed by atoms with Crippen LogP contribution in [0.1, 0.15) is 24.2 Å². The fourth-order valence-electron chi connectivity index (χ4n) is 2.02. The van der Waals surface area contributed by atoms with E-state index >= 15 is 0 Å². The Hall–Kier alpha value is -1.89. The highest BCUT2D eigenvalue weighted by atomic mass is 79.9. The van der Waals surface area contributed by atoms with E-state index in [2.05, 4.69) is 21.2 Å². The molecule has 0 aliphatic rings. The van der Waals surface area contributed by atoms with Crippen LogP contribution in [0.15, 0.2) is 28.7 Å². The molecule has 0 aliphatic carbocycles. The fourth-order valence-corrected chi connectivity index (χ4v) is 2.29. The van der Waals surface area contributed by atoms with Crippen molar-refractivity contribution in [2.45, 2.75) is 13.8 Å². The molecule has 1 aromatic carbocycles. The van der Waals surface area contributed by atoms with Crippen LogP contribution in [0.4, 0.5) is 0 Å². The van der Waals surface area contributed by atoms with Crippen LogP contribution < -0.4 is 5.32 Å². The lowest BCUT2D eigenvalue weighted by Gasteiger charge is -2.25. The van der Waals surface area contributed by atoms with Crippen molar-refractivity contribution >= 4 is 33.7 Å². The molecule has 6 nitrogen and oxygen atoms in total. The zero-order valence-electron chi connectivity index (χ0n) is 13.5. The lowest BCUT2D eigenvalue weighted by atomic mass is 10.1. The van der Waals surface area contributed by atoms with Gasteiger partial charge in [0, 0.05) is 36.6 Å². The normalized spacial score (nSPS) is 11.5. The first-order chi connectivity index (χ1) is 10.8. The number of esters is 1. The Morgan fingerprint density at radius 2 is 1.87 bits per heavy atom. The van der Waals surface area contributed by atoms with Gasteiger partial charge in [-0.3, -0.25) is 14.4 Å². The Morgan fingerprint density at radius 1 is 1.26 bits per heavy atom. The molecule has 0 fully saturated rings. The lowest BCUT2D eigenvalue weighted by molar-refractivity contribution is -0.145. The molecule has 1 atom stereocenters. The summed E-state index contributed by atoms with van der Waals surface area (Å²) in [4.78, 5) is 36.7. The highest BCUT2D eigenvalue weighted by Gasteiger charge is 2.22. The summed E-state index contributed by atoms with van der Waals surface area (Å²) in [5.41, 5.74) is 0.521. The van der Waals surface area contributed by atoms with E-state index in [9.17, 15) is 14.4 Å². The second-order valence-electron chi connectivity index (χ2n) is 5.17. The molecule has 1 rings (SSSR count). The van der Waals surface area contributed by atoms with Gasteiger partial charge < -0.3 is 15.0 Å². The number of ether oxygens (including phenoxy) is 1. The van der Waals surface area contributed by atoms with Crippen LogP contribution in [-0.2, 0) is 14.3 Å². The van der Waals surface area contributed by atoms with E-state index < -0.39 is 5.92 Å². The van der Waals surface area contributed by atoms with Gasteiger partial charge in [-0.15, -0.1) is 0 Å². The maximum Gasteiger partial charge on any atom is 0.310 e. The summed E-state index contributed by atoms with van der Waals surface area (Å²) in [5.74, 6) is -1.18. The van der Waals surface area contributed by atoms with Crippen molar-refractivity contribution in [3.8, 4) is 0 Å². The average Bonchev–Trinajstić information content (AvgIpc) is 2.52. The SMILES string of the molecule is COC(=O)C(C)CN(CCNC(C)=O)C(=O)c1ccc(Br)cc1. The molecular weight excluding hydrogens is 364 g/mol. The molecule has 1 aromatic rings. The minimum absolute atomic E-state index is 0.165. The van der Waals surface area contributed by atoms with E-state index in [1.54, 1.807) is 36.1 Å².